The fraction of sp³-hybridized carbons (Fsp3) is 0.250. The fourth-order valence-corrected chi connectivity index (χ4v) is 3.52. The summed E-state index contributed by atoms with van der Waals surface area (Å²) in [5.74, 6) is 0.128. The molecule has 1 fully saturated rings. The Kier molecular flexibility index (Phi) is 6.76. The molecule has 7 nitrogen and oxygen atoms in total. The van der Waals surface area contributed by atoms with Gasteiger partial charge in [-0.3, -0.25) is 9.69 Å². The molecule has 3 aromatic rings. The molecule has 1 amide bonds. The number of hydrogen-bond acceptors (Lipinski definition) is 6. The molecule has 0 saturated carbocycles. The normalized spacial score (nSPS) is 14.2. The highest BCUT2D eigenvalue weighted by atomic mass is 16.5. The first-order valence-electron chi connectivity index (χ1n) is 10.4. The zero-order valence-electron chi connectivity index (χ0n) is 17.4. The number of nitrogens with one attached hydrogen (secondary N) is 2. The van der Waals surface area contributed by atoms with Crippen LogP contribution in [0.25, 0.3) is 0 Å². The second kappa shape index (κ2) is 10.1. The number of ether oxygens (including phenoxy) is 1. The SMILES string of the molecule is NC(=O)c1cnc(Nc2ccc(CN3CCOCC3)cc2)cc1NCc1ccccc1. The molecule has 1 aliphatic heterocycles. The minimum atomic E-state index is -0.512. The van der Waals surface area contributed by atoms with Crippen LogP contribution in [0.3, 0.4) is 0 Å². The molecule has 7 heteroatoms. The van der Waals surface area contributed by atoms with E-state index in [0.29, 0.717) is 23.6 Å². The predicted molar refractivity (Wildman–Crippen MR) is 122 cm³/mol. The molecule has 0 atom stereocenters. The number of morpholine rings is 1. The molecular weight excluding hydrogens is 390 g/mol. The minimum Gasteiger partial charge on any atom is -0.380 e. The van der Waals surface area contributed by atoms with Gasteiger partial charge in [0.25, 0.3) is 5.91 Å². The van der Waals surface area contributed by atoms with E-state index < -0.39 is 5.91 Å². The maximum absolute atomic E-state index is 11.8. The topological polar surface area (TPSA) is 92.5 Å². The van der Waals surface area contributed by atoms with Gasteiger partial charge in [0.15, 0.2) is 0 Å². The first-order valence-corrected chi connectivity index (χ1v) is 10.4. The van der Waals surface area contributed by atoms with Crippen LogP contribution in [0, 0.1) is 0 Å². The second-order valence-electron chi connectivity index (χ2n) is 7.53. The number of primary amides is 1. The van der Waals surface area contributed by atoms with Crippen LogP contribution in [0.4, 0.5) is 17.2 Å². The molecule has 1 aliphatic rings. The minimum absolute atomic E-state index is 0.363. The fourth-order valence-electron chi connectivity index (χ4n) is 3.52. The van der Waals surface area contributed by atoms with Gasteiger partial charge in [0, 0.05) is 44.1 Å². The molecule has 0 aliphatic carbocycles. The van der Waals surface area contributed by atoms with Crippen molar-refractivity contribution in [1.82, 2.24) is 9.88 Å². The summed E-state index contributed by atoms with van der Waals surface area (Å²) >= 11 is 0. The lowest BCUT2D eigenvalue weighted by Crippen LogP contribution is -2.35. The van der Waals surface area contributed by atoms with Crippen LogP contribution < -0.4 is 16.4 Å². The van der Waals surface area contributed by atoms with E-state index in [-0.39, 0.29) is 0 Å². The molecule has 160 valence electrons. The number of carbonyl (C=O) groups excluding carboxylic acids is 1. The number of nitrogens with zero attached hydrogens (tertiary/aromatic N) is 2. The third-order valence-corrected chi connectivity index (χ3v) is 5.23. The van der Waals surface area contributed by atoms with Gasteiger partial charge in [0.1, 0.15) is 5.82 Å². The molecule has 0 bridgehead atoms. The van der Waals surface area contributed by atoms with Gasteiger partial charge in [-0.25, -0.2) is 4.98 Å². The van der Waals surface area contributed by atoms with Gasteiger partial charge in [-0.2, -0.15) is 0 Å². The first kappa shape index (κ1) is 20.8. The zero-order valence-corrected chi connectivity index (χ0v) is 17.4. The van der Waals surface area contributed by atoms with E-state index in [9.17, 15) is 4.79 Å². The number of anilines is 3. The van der Waals surface area contributed by atoms with Crippen molar-refractivity contribution in [2.45, 2.75) is 13.1 Å². The Balaban J connectivity index is 1.43. The van der Waals surface area contributed by atoms with Gasteiger partial charge in [-0.15, -0.1) is 0 Å². The van der Waals surface area contributed by atoms with Crippen LogP contribution in [0.1, 0.15) is 21.5 Å². The molecule has 4 N–H and O–H groups in total. The van der Waals surface area contributed by atoms with Crippen LogP contribution in [-0.4, -0.2) is 42.1 Å². The number of amides is 1. The van der Waals surface area contributed by atoms with Crippen molar-refractivity contribution in [2.24, 2.45) is 5.73 Å². The van der Waals surface area contributed by atoms with Gasteiger partial charge in [0.05, 0.1) is 24.5 Å². The summed E-state index contributed by atoms with van der Waals surface area (Å²) in [6, 6.07) is 20.1. The number of nitrogens with two attached hydrogens (primary N) is 1. The Hall–Kier alpha value is -3.42. The smallest absolute Gasteiger partial charge is 0.252 e. The van der Waals surface area contributed by atoms with Crippen molar-refractivity contribution in [3.63, 3.8) is 0 Å². The maximum atomic E-state index is 11.8. The van der Waals surface area contributed by atoms with Crippen molar-refractivity contribution in [2.75, 3.05) is 36.9 Å². The van der Waals surface area contributed by atoms with Gasteiger partial charge in [-0.05, 0) is 23.3 Å². The van der Waals surface area contributed by atoms with E-state index in [1.165, 1.54) is 11.8 Å². The van der Waals surface area contributed by atoms with Crippen LogP contribution in [0.15, 0.2) is 66.9 Å². The van der Waals surface area contributed by atoms with Gasteiger partial charge < -0.3 is 21.1 Å². The van der Waals surface area contributed by atoms with E-state index in [2.05, 4.69) is 32.7 Å². The summed E-state index contributed by atoms with van der Waals surface area (Å²) in [6.45, 7) is 5.04. The van der Waals surface area contributed by atoms with E-state index in [0.717, 1.165) is 44.1 Å². The summed E-state index contributed by atoms with van der Waals surface area (Å²) in [4.78, 5) is 18.6. The number of carbonyl (C=O) groups is 1. The zero-order chi connectivity index (χ0) is 21.5. The molecule has 0 radical (unpaired) electrons. The average Bonchev–Trinajstić information content (AvgIpc) is 2.80. The van der Waals surface area contributed by atoms with Crippen LogP contribution in [0.5, 0.6) is 0 Å². The number of hydrogen-bond donors (Lipinski definition) is 3. The first-order chi connectivity index (χ1) is 15.2. The third-order valence-electron chi connectivity index (χ3n) is 5.23. The molecule has 0 spiro atoms. The van der Waals surface area contributed by atoms with Crippen molar-refractivity contribution in [3.8, 4) is 0 Å². The summed E-state index contributed by atoms with van der Waals surface area (Å²) in [7, 11) is 0. The van der Waals surface area contributed by atoms with E-state index in [4.69, 9.17) is 10.5 Å². The highest BCUT2D eigenvalue weighted by molar-refractivity contribution is 5.98. The maximum Gasteiger partial charge on any atom is 0.252 e. The Morgan fingerprint density at radius 2 is 1.77 bits per heavy atom. The molecular formula is C24H27N5O2. The van der Waals surface area contributed by atoms with E-state index >= 15 is 0 Å². The summed E-state index contributed by atoms with van der Waals surface area (Å²) in [5.41, 5.74) is 9.84. The largest absolute Gasteiger partial charge is 0.380 e. The summed E-state index contributed by atoms with van der Waals surface area (Å²) in [6.07, 6.45) is 1.50. The monoisotopic (exact) mass is 417 g/mol. The molecule has 31 heavy (non-hydrogen) atoms. The second-order valence-corrected chi connectivity index (χ2v) is 7.53. The average molecular weight is 418 g/mol. The lowest BCUT2D eigenvalue weighted by molar-refractivity contribution is 0.0342. The Morgan fingerprint density at radius 3 is 2.48 bits per heavy atom. The molecule has 2 heterocycles. The predicted octanol–water partition coefficient (Wildman–Crippen LogP) is 3.37. The molecule has 4 rings (SSSR count). The van der Waals surface area contributed by atoms with Crippen LogP contribution in [0.2, 0.25) is 0 Å². The Labute approximate surface area is 182 Å². The Bertz CT molecular complexity index is 1000. The number of benzene rings is 2. The lowest BCUT2D eigenvalue weighted by Gasteiger charge is -2.26. The molecule has 0 unspecified atom stereocenters. The molecule has 1 aromatic heterocycles. The van der Waals surface area contributed by atoms with E-state index in [1.54, 1.807) is 0 Å². The van der Waals surface area contributed by atoms with Crippen molar-refractivity contribution >= 4 is 23.1 Å². The molecule has 1 saturated heterocycles. The highest BCUT2D eigenvalue weighted by Crippen LogP contribution is 2.23. The third kappa shape index (κ3) is 5.81. The van der Waals surface area contributed by atoms with Crippen molar-refractivity contribution in [1.29, 1.82) is 0 Å². The number of pyridine rings is 1. The highest BCUT2D eigenvalue weighted by Gasteiger charge is 2.12. The van der Waals surface area contributed by atoms with Gasteiger partial charge in [0.2, 0.25) is 0 Å². The summed E-state index contributed by atoms with van der Waals surface area (Å²) < 4.78 is 5.41. The lowest BCUT2D eigenvalue weighted by atomic mass is 10.1. The van der Waals surface area contributed by atoms with Gasteiger partial charge in [-0.1, -0.05) is 42.5 Å². The van der Waals surface area contributed by atoms with Gasteiger partial charge >= 0.3 is 0 Å². The summed E-state index contributed by atoms with van der Waals surface area (Å²) in [5, 5.41) is 6.60. The number of rotatable bonds is 8. The standard InChI is InChI=1S/C24H27N5O2/c25-24(30)21-16-27-23(14-22(21)26-15-18-4-2-1-3-5-18)28-20-8-6-19(7-9-20)17-29-10-12-31-13-11-29/h1-9,14,16H,10-13,15,17H2,(H2,25,30)(H2,26,27,28). The van der Waals surface area contributed by atoms with Crippen LogP contribution >= 0.6 is 0 Å². The molecule has 2 aromatic carbocycles. The van der Waals surface area contributed by atoms with E-state index in [1.807, 2.05) is 48.5 Å². The van der Waals surface area contributed by atoms with Crippen molar-refractivity contribution in [3.05, 3.63) is 83.6 Å². The Morgan fingerprint density at radius 1 is 1.03 bits per heavy atom. The van der Waals surface area contributed by atoms with Crippen molar-refractivity contribution < 1.29 is 9.53 Å². The number of aromatic nitrogens is 1. The van der Waals surface area contributed by atoms with Crippen LogP contribution in [-0.2, 0) is 17.8 Å². The quantitative estimate of drug-likeness (QED) is 0.520.